The first-order valence-electron chi connectivity index (χ1n) is 7.44. The fourth-order valence-electron chi connectivity index (χ4n) is 2.94. The lowest BCUT2D eigenvalue weighted by Gasteiger charge is -2.09. The van der Waals surface area contributed by atoms with E-state index in [9.17, 15) is 14.9 Å². The van der Waals surface area contributed by atoms with E-state index in [0.717, 1.165) is 20.9 Å². The second kappa shape index (κ2) is 5.85. The molecule has 1 aliphatic rings. The van der Waals surface area contributed by atoms with Gasteiger partial charge in [-0.2, -0.15) is 5.26 Å². The summed E-state index contributed by atoms with van der Waals surface area (Å²) in [6.07, 6.45) is 1.39. The van der Waals surface area contributed by atoms with Crippen molar-refractivity contribution in [2.75, 3.05) is 0 Å². The van der Waals surface area contributed by atoms with Gasteiger partial charge in [0.15, 0.2) is 0 Å². The summed E-state index contributed by atoms with van der Waals surface area (Å²) in [5.74, 6) is 0. The van der Waals surface area contributed by atoms with Gasteiger partial charge in [-0.25, -0.2) is 9.78 Å². The maximum atomic E-state index is 12.6. The molecule has 0 N–H and O–H groups in total. The van der Waals surface area contributed by atoms with E-state index in [1.807, 2.05) is 29.0 Å². The topological polar surface area (TPSA) is 80.7 Å². The molecule has 3 aromatic rings. The van der Waals surface area contributed by atoms with Gasteiger partial charge in [0.2, 0.25) is 0 Å². The molecule has 6 nitrogen and oxygen atoms in total. The van der Waals surface area contributed by atoms with Gasteiger partial charge in [-0.15, -0.1) is 22.7 Å². The number of thiophene rings is 1. The molecule has 0 spiro atoms. The quantitative estimate of drug-likeness (QED) is 0.719. The number of rotatable bonds is 3. The Morgan fingerprint density at radius 1 is 1.33 bits per heavy atom. The summed E-state index contributed by atoms with van der Waals surface area (Å²) in [7, 11) is 0. The standard InChI is InChI=1S/C16H12N4O2S2/c17-7-11-12-3-1-5-19(12)16(22)20(15(11)21)8-10-9-24-14(18-10)13-4-2-6-23-13/h2,4,6,9H,1,3,5,8H2. The van der Waals surface area contributed by atoms with Gasteiger partial charge in [-0.3, -0.25) is 13.9 Å². The smallest absolute Gasteiger partial charge is 0.296 e. The number of nitriles is 1. The van der Waals surface area contributed by atoms with Gasteiger partial charge in [-0.1, -0.05) is 6.07 Å². The second-order valence-corrected chi connectivity index (χ2v) is 7.29. The molecule has 0 saturated carbocycles. The van der Waals surface area contributed by atoms with Crippen molar-refractivity contribution in [3.05, 3.63) is 60.7 Å². The van der Waals surface area contributed by atoms with E-state index in [2.05, 4.69) is 4.98 Å². The summed E-state index contributed by atoms with van der Waals surface area (Å²) in [6, 6.07) is 5.91. The van der Waals surface area contributed by atoms with Crippen LogP contribution in [0.5, 0.6) is 0 Å². The molecule has 24 heavy (non-hydrogen) atoms. The highest BCUT2D eigenvalue weighted by molar-refractivity contribution is 7.20. The minimum absolute atomic E-state index is 0.0841. The maximum absolute atomic E-state index is 12.6. The number of nitrogens with zero attached hydrogens (tertiary/aromatic N) is 4. The molecule has 120 valence electrons. The highest BCUT2D eigenvalue weighted by Gasteiger charge is 2.23. The maximum Gasteiger partial charge on any atom is 0.331 e. The van der Waals surface area contributed by atoms with E-state index in [4.69, 9.17) is 0 Å². The van der Waals surface area contributed by atoms with Crippen LogP contribution in [0.4, 0.5) is 0 Å². The third kappa shape index (κ3) is 2.33. The van der Waals surface area contributed by atoms with Crippen molar-refractivity contribution >= 4 is 22.7 Å². The van der Waals surface area contributed by atoms with Crippen molar-refractivity contribution in [2.45, 2.75) is 25.9 Å². The van der Waals surface area contributed by atoms with E-state index >= 15 is 0 Å². The molecule has 0 aromatic carbocycles. The lowest BCUT2D eigenvalue weighted by molar-refractivity contribution is 0.598. The Balaban J connectivity index is 1.78. The summed E-state index contributed by atoms with van der Waals surface area (Å²) >= 11 is 3.08. The number of hydrogen-bond donors (Lipinski definition) is 0. The van der Waals surface area contributed by atoms with Gasteiger partial charge in [-0.05, 0) is 24.3 Å². The molecule has 0 amide bonds. The molecular weight excluding hydrogens is 344 g/mol. The van der Waals surface area contributed by atoms with Gasteiger partial charge in [0.1, 0.15) is 16.6 Å². The summed E-state index contributed by atoms with van der Waals surface area (Å²) in [4.78, 5) is 30.7. The zero-order valence-electron chi connectivity index (χ0n) is 12.6. The Kier molecular flexibility index (Phi) is 3.67. The van der Waals surface area contributed by atoms with Gasteiger partial charge in [0.05, 0.1) is 17.1 Å². The molecule has 8 heteroatoms. The Labute approximate surface area is 144 Å². The molecule has 4 heterocycles. The molecule has 0 atom stereocenters. The second-order valence-electron chi connectivity index (χ2n) is 5.48. The Hall–Kier alpha value is -2.50. The van der Waals surface area contributed by atoms with Crippen molar-refractivity contribution in [3.8, 4) is 16.0 Å². The van der Waals surface area contributed by atoms with Crippen LogP contribution < -0.4 is 11.2 Å². The van der Waals surface area contributed by atoms with Crippen LogP contribution in [0, 0.1) is 11.3 Å². The summed E-state index contributed by atoms with van der Waals surface area (Å²) in [6.45, 7) is 0.648. The Bertz CT molecular complexity index is 1070. The SMILES string of the molecule is N#Cc1c2n(c(=O)n(Cc3csc(-c4cccs4)n3)c1=O)CCC2. The third-order valence-electron chi connectivity index (χ3n) is 4.05. The molecule has 3 aromatic heterocycles. The monoisotopic (exact) mass is 356 g/mol. The molecule has 0 saturated heterocycles. The van der Waals surface area contributed by atoms with Crippen molar-refractivity contribution in [3.63, 3.8) is 0 Å². The van der Waals surface area contributed by atoms with Crippen molar-refractivity contribution in [1.82, 2.24) is 14.1 Å². The lowest BCUT2D eigenvalue weighted by atomic mass is 10.2. The molecule has 0 aliphatic carbocycles. The van der Waals surface area contributed by atoms with E-state index in [0.29, 0.717) is 24.4 Å². The van der Waals surface area contributed by atoms with Crippen LogP contribution >= 0.6 is 22.7 Å². The highest BCUT2D eigenvalue weighted by atomic mass is 32.1. The summed E-state index contributed by atoms with van der Waals surface area (Å²) in [5.41, 5.74) is 0.450. The van der Waals surface area contributed by atoms with Crippen molar-refractivity contribution in [1.29, 1.82) is 5.26 Å². The minimum atomic E-state index is -0.513. The lowest BCUT2D eigenvalue weighted by Crippen LogP contribution is -2.42. The zero-order valence-corrected chi connectivity index (χ0v) is 14.2. The molecule has 0 radical (unpaired) electrons. The normalized spacial score (nSPS) is 13.0. The minimum Gasteiger partial charge on any atom is -0.296 e. The third-order valence-corrected chi connectivity index (χ3v) is 5.98. The first-order chi connectivity index (χ1) is 11.7. The fraction of sp³-hybridized carbons (Fsp3) is 0.250. The van der Waals surface area contributed by atoms with Crippen LogP contribution in [0.2, 0.25) is 0 Å². The van der Waals surface area contributed by atoms with E-state index in [1.165, 1.54) is 11.3 Å². The Morgan fingerprint density at radius 2 is 2.21 bits per heavy atom. The molecule has 4 rings (SSSR count). The zero-order chi connectivity index (χ0) is 16.7. The van der Waals surface area contributed by atoms with Crippen LogP contribution in [0.15, 0.2) is 32.5 Å². The largest absolute Gasteiger partial charge is 0.331 e. The van der Waals surface area contributed by atoms with E-state index in [-0.39, 0.29) is 17.8 Å². The van der Waals surface area contributed by atoms with Gasteiger partial charge in [0.25, 0.3) is 5.56 Å². The number of aromatic nitrogens is 3. The van der Waals surface area contributed by atoms with Crippen LogP contribution in [0.25, 0.3) is 9.88 Å². The molecule has 0 unspecified atom stereocenters. The first-order valence-corrected chi connectivity index (χ1v) is 9.20. The number of hydrogen-bond acceptors (Lipinski definition) is 6. The van der Waals surface area contributed by atoms with Crippen LogP contribution in [0.1, 0.15) is 23.4 Å². The molecular formula is C16H12N4O2S2. The molecule has 0 bridgehead atoms. The van der Waals surface area contributed by atoms with Gasteiger partial charge < -0.3 is 0 Å². The predicted octanol–water partition coefficient (Wildman–Crippen LogP) is 2.06. The van der Waals surface area contributed by atoms with E-state index in [1.54, 1.807) is 15.9 Å². The molecule has 0 fully saturated rings. The predicted molar refractivity (Wildman–Crippen MR) is 92.5 cm³/mol. The van der Waals surface area contributed by atoms with Crippen LogP contribution in [-0.4, -0.2) is 14.1 Å². The number of fused-ring (bicyclic) bond motifs is 1. The average molecular weight is 356 g/mol. The number of thiazole rings is 1. The fourth-order valence-corrected chi connectivity index (χ4v) is 4.57. The highest BCUT2D eigenvalue weighted by Crippen LogP contribution is 2.27. The summed E-state index contributed by atoms with van der Waals surface area (Å²) < 4.78 is 2.67. The van der Waals surface area contributed by atoms with Crippen LogP contribution in [0.3, 0.4) is 0 Å². The van der Waals surface area contributed by atoms with Crippen molar-refractivity contribution in [2.24, 2.45) is 0 Å². The van der Waals surface area contributed by atoms with Gasteiger partial charge >= 0.3 is 5.69 Å². The van der Waals surface area contributed by atoms with Crippen LogP contribution in [-0.2, 0) is 19.5 Å². The van der Waals surface area contributed by atoms with Gasteiger partial charge in [0, 0.05) is 17.6 Å². The first kappa shape index (κ1) is 15.1. The van der Waals surface area contributed by atoms with Crippen molar-refractivity contribution < 1.29 is 0 Å². The van der Waals surface area contributed by atoms with E-state index < -0.39 is 5.56 Å². The average Bonchev–Trinajstić information content (AvgIpc) is 3.31. The Morgan fingerprint density at radius 3 is 2.96 bits per heavy atom. The molecule has 1 aliphatic heterocycles. The summed E-state index contributed by atoms with van der Waals surface area (Å²) in [5, 5.41) is 14.0.